The highest BCUT2D eigenvalue weighted by molar-refractivity contribution is 6.07. The quantitative estimate of drug-likeness (QED) is 0.544. The van der Waals surface area contributed by atoms with Crippen molar-refractivity contribution in [1.82, 2.24) is 9.88 Å². The lowest BCUT2D eigenvalue weighted by atomic mass is 9.94. The summed E-state index contributed by atoms with van der Waals surface area (Å²) in [5.41, 5.74) is 1.75. The number of ether oxygens (including phenoxy) is 2. The van der Waals surface area contributed by atoms with Gasteiger partial charge < -0.3 is 24.7 Å². The van der Waals surface area contributed by atoms with Crippen LogP contribution in [0.1, 0.15) is 58.4 Å². The molecule has 4 rings (SSSR count). The van der Waals surface area contributed by atoms with Crippen LogP contribution in [-0.2, 0) is 0 Å². The fourth-order valence-electron chi connectivity index (χ4n) is 4.62. The molecule has 2 amide bonds. The van der Waals surface area contributed by atoms with E-state index >= 15 is 0 Å². The van der Waals surface area contributed by atoms with Crippen molar-refractivity contribution in [2.45, 2.75) is 45.1 Å². The van der Waals surface area contributed by atoms with E-state index in [-0.39, 0.29) is 17.5 Å². The third kappa shape index (κ3) is 5.01. The third-order valence-corrected chi connectivity index (χ3v) is 6.77. The summed E-state index contributed by atoms with van der Waals surface area (Å²) in [5.74, 6) is 0.332. The molecule has 1 fully saturated rings. The van der Waals surface area contributed by atoms with Gasteiger partial charge in [0.05, 0.1) is 19.7 Å². The lowest BCUT2D eigenvalue weighted by molar-refractivity contribution is 0.0696. The predicted molar refractivity (Wildman–Crippen MR) is 136 cm³/mol. The number of amides is 2. The number of carbonyl (C=O) groups is 2. The summed E-state index contributed by atoms with van der Waals surface area (Å²) >= 11 is 0. The minimum atomic E-state index is -0.559. The van der Waals surface area contributed by atoms with E-state index in [0.29, 0.717) is 33.7 Å². The van der Waals surface area contributed by atoms with Crippen LogP contribution in [0.15, 0.2) is 41.2 Å². The normalized spacial score (nSPS) is 13.9. The largest absolute Gasteiger partial charge is 0.493 e. The van der Waals surface area contributed by atoms with Crippen LogP contribution >= 0.6 is 0 Å². The lowest BCUT2D eigenvalue weighted by Crippen LogP contribution is -2.38. The van der Waals surface area contributed by atoms with Crippen LogP contribution in [0, 0.1) is 6.92 Å². The molecular formula is C27H31N3O5. The van der Waals surface area contributed by atoms with Gasteiger partial charge in [0.1, 0.15) is 5.56 Å². The number of pyridine rings is 1. The third-order valence-electron chi connectivity index (χ3n) is 6.77. The van der Waals surface area contributed by atoms with E-state index in [1.54, 1.807) is 30.3 Å². The summed E-state index contributed by atoms with van der Waals surface area (Å²) in [6.07, 6.45) is 5.51. The molecule has 2 aromatic carbocycles. The molecule has 0 aliphatic heterocycles. The van der Waals surface area contributed by atoms with Crippen LogP contribution in [0.5, 0.6) is 11.5 Å². The minimum absolute atomic E-state index is 0.0415. The first-order chi connectivity index (χ1) is 16.8. The molecule has 3 aromatic rings. The van der Waals surface area contributed by atoms with Gasteiger partial charge in [-0.15, -0.1) is 0 Å². The molecule has 8 heteroatoms. The topological polar surface area (TPSA) is 101 Å². The number of carbonyl (C=O) groups excluding carboxylic acids is 2. The molecule has 1 aliphatic carbocycles. The molecule has 1 aliphatic rings. The van der Waals surface area contributed by atoms with Gasteiger partial charge in [-0.05, 0) is 49.6 Å². The molecule has 1 heterocycles. The first-order valence-corrected chi connectivity index (χ1v) is 11.8. The number of rotatable bonds is 6. The highest BCUT2D eigenvalue weighted by atomic mass is 16.5. The zero-order chi connectivity index (χ0) is 25.1. The molecule has 0 spiro atoms. The van der Waals surface area contributed by atoms with E-state index in [4.69, 9.17) is 9.47 Å². The Morgan fingerprint density at radius 1 is 1.00 bits per heavy atom. The van der Waals surface area contributed by atoms with Gasteiger partial charge in [0.2, 0.25) is 0 Å². The van der Waals surface area contributed by atoms with E-state index in [1.165, 1.54) is 26.7 Å². The fourth-order valence-corrected chi connectivity index (χ4v) is 4.62. The van der Waals surface area contributed by atoms with Gasteiger partial charge in [-0.25, -0.2) is 0 Å². The number of benzene rings is 2. The number of aromatic nitrogens is 1. The number of anilines is 1. The van der Waals surface area contributed by atoms with Gasteiger partial charge in [0, 0.05) is 35.8 Å². The maximum Gasteiger partial charge on any atom is 0.261 e. The fraction of sp³-hybridized carbons (Fsp3) is 0.370. The van der Waals surface area contributed by atoms with Gasteiger partial charge in [-0.1, -0.05) is 25.3 Å². The first kappa shape index (κ1) is 24.3. The Bertz CT molecular complexity index is 1320. The standard InChI is InChI=1S/C27H31N3O5/c1-16-10-11-17(27(33)30(2)19-8-6-5-7-9-19)13-21(16)28-25(31)20-12-18-14-23(34-3)24(35-4)15-22(18)29-26(20)32/h10-15,19H,5-9H2,1-4H3,(H,28,31)(H,29,32). The van der Waals surface area contributed by atoms with Gasteiger partial charge in [-0.3, -0.25) is 14.4 Å². The molecule has 0 radical (unpaired) electrons. The molecule has 0 saturated heterocycles. The zero-order valence-corrected chi connectivity index (χ0v) is 20.6. The number of fused-ring (bicyclic) bond motifs is 1. The van der Waals surface area contributed by atoms with Crippen LogP contribution in [0.2, 0.25) is 0 Å². The number of methoxy groups -OCH3 is 2. The number of aromatic amines is 1. The monoisotopic (exact) mass is 477 g/mol. The molecule has 1 saturated carbocycles. The average Bonchev–Trinajstić information content (AvgIpc) is 2.88. The minimum Gasteiger partial charge on any atom is -0.493 e. The molecule has 8 nitrogen and oxygen atoms in total. The Hall–Kier alpha value is -3.81. The molecule has 0 unspecified atom stereocenters. The number of H-pyrrole nitrogens is 1. The van der Waals surface area contributed by atoms with E-state index in [2.05, 4.69) is 10.3 Å². The second-order valence-corrected chi connectivity index (χ2v) is 9.00. The number of hydrogen-bond donors (Lipinski definition) is 2. The second-order valence-electron chi connectivity index (χ2n) is 9.00. The van der Waals surface area contributed by atoms with Crippen molar-refractivity contribution in [2.75, 3.05) is 26.6 Å². The summed E-state index contributed by atoms with van der Waals surface area (Å²) < 4.78 is 10.6. The van der Waals surface area contributed by atoms with Crippen molar-refractivity contribution in [3.05, 3.63) is 63.4 Å². The summed E-state index contributed by atoms with van der Waals surface area (Å²) in [4.78, 5) is 43.4. The van der Waals surface area contributed by atoms with Crippen molar-refractivity contribution in [3.8, 4) is 11.5 Å². The first-order valence-electron chi connectivity index (χ1n) is 11.8. The number of nitrogens with one attached hydrogen (secondary N) is 2. The van der Waals surface area contributed by atoms with Crippen LogP contribution < -0.4 is 20.3 Å². The SMILES string of the molecule is COc1cc2cc(C(=O)Nc3cc(C(=O)N(C)C4CCCCC4)ccc3C)c(=O)[nH]c2cc1OC. The second kappa shape index (κ2) is 10.2. The molecular weight excluding hydrogens is 446 g/mol. The molecule has 1 aromatic heterocycles. The molecule has 184 valence electrons. The van der Waals surface area contributed by atoms with E-state index in [0.717, 1.165) is 31.2 Å². The van der Waals surface area contributed by atoms with Crippen LogP contribution in [0.4, 0.5) is 5.69 Å². The number of aryl methyl sites for hydroxylation is 1. The van der Waals surface area contributed by atoms with Crippen molar-refractivity contribution in [3.63, 3.8) is 0 Å². The smallest absolute Gasteiger partial charge is 0.261 e. The summed E-state index contributed by atoms with van der Waals surface area (Å²) in [7, 11) is 4.87. The molecule has 0 atom stereocenters. The van der Waals surface area contributed by atoms with Gasteiger partial charge >= 0.3 is 0 Å². The Balaban J connectivity index is 1.60. The molecule has 0 bridgehead atoms. The van der Waals surface area contributed by atoms with Gasteiger partial charge in [-0.2, -0.15) is 0 Å². The number of nitrogens with zero attached hydrogens (tertiary/aromatic N) is 1. The van der Waals surface area contributed by atoms with Gasteiger partial charge in [0.15, 0.2) is 11.5 Å². The highest BCUT2D eigenvalue weighted by Gasteiger charge is 2.24. The van der Waals surface area contributed by atoms with Crippen molar-refractivity contribution in [2.24, 2.45) is 0 Å². The maximum atomic E-state index is 13.1. The highest BCUT2D eigenvalue weighted by Crippen LogP contribution is 2.31. The lowest BCUT2D eigenvalue weighted by Gasteiger charge is -2.31. The van der Waals surface area contributed by atoms with Crippen LogP contribution in [-0.4, -0.2) is 49.0 Å². The van der Waals surface area contributed by atoms with Crippen molar-refractivity contribution >= 4 is 28.4 Å². The van der Waals surface area contributed by atoms with Gasteiger partial charge in [0.25, 0.3) is 17.4 Å². The van der Waals surface area contributed by atoms with Crippen LogP contribution in [0.25, 0.3) is 10.9 Å². The van der Waals surface area contributed by atoms with Crippen molar-refractivity contribution in [1.29, 1.82) is 0 Å². The van der Waals surface area contributed by atoms with E-state index in [9.17, 15) is 14.4 Å². The Kier molecular flexibility index (Phi) is 7.10. The van der Waals surface area contributed by atoms with E-state index < -0.39 is 11.5 Å². The summed E-state index contributed by atoms with van der Waals surface area (Å²) in [5, 5.41) is 3.44. The Morgan fingerprint density at radius 3 is 2.37 bits per heavy atom. The van der Waals surface area contributed by atoms with E-state index in [1.807, 2.05) is 18.9 Å². The number of hydrogen-bond acceptors (Lipinski definition) is 5. The molecule has 35 heavy (non-hydrogen) atoms. The van der Waals surface area contributed by atoms with Crippen LogP contribution in [0.3, 0.4) is 0 Å². The average molecular weight is 478 g/mol. The summed E-state index contributed by atoms with van der Waals surface area (Å²) in [6.45, 7) is 1.84. The zero-order valence-electron chi connectivity index (χ0n) is 20.6. The summed E-state index contributed by atoms with van der Waals surface area (Å²) in [6, 6.07) is 10.4. The predicted octanol–water partition coefficient (Wildman–Crippen LogP) is 4.51. The maximum absolute atomic E-state index is 13.1. The molecule has 2 N–H and O–H groups in total. The Labute approximate surface area is 204 Å². The Morgan fingerprint density at radius 2 is 1.69 bits per heavy atom. The van der Waals surface area contributed by atoms with Crippen molar-refractivity contribution < 1.29 is 19.1 Å².